The van der Waals surface area contributed by atoms with Crippen LogP contribution in [0.1, 0.15) is 16.8 Å². The van der Waals surface area contributed by atoms with E-state index in [2.05, 4.69) is 4.74 Å². The number of nitrogen functional groups attached to an aromatic ring is 1. The summed E-state index contributed by atoms with van der Waals surface area (Å²) in [6, 6.07) is 3.98. The molecule has 3 N–H and O–H groups in total. The maximum absolute atomic E-state index is 11.9. The molecule has 1 aromatic carbocycles. The van der Waals surface area contributed by atoms with Crippen LogP contribution in [-0.2, 0) is 9.53 Å². The number of hydrogen-bond donors (Lipinski definition) is 2. The lowest BCUT2D eigenvalue weighted by Crippen LogP contribution is -2.28. The van der Waals surface area contributed by atoms with E-state index >= 15 is 0 Å². The molecule has 0 unspecified atom stereocenters. The standard InChI is InChI=1S/C13H16F2N2O4/c1-17(12(18)4-5-21-7-11(14)15)10-3-2-8(13(19)20)6-9(10)16/h2-3,6,11H,4-5,7,16H2,1H3,(H,19,20). The van der Waals surface area contributed by atoms with Gasteiger partial charge in [-0.2, -0.15) is 0 Å². The van der Waals surface area contributed by atoms with Crippen LogP contribution in [0.2, 0.25) is 0 Å². The smallest absolute Gasteiger partial charge is 0.335 e. The van der Waals surface area contributed by atoms with Crippen molar-refractivity contribution in [1.29, 1.82) is 0 Å². The number of benzene rings is 1. The van der Waals surface area contributed by atoms with Gasteiger partial charge in [-0.1, -0.05) is 0 Å². The molecule has 0 aromatic heterocycles. The number of nitrogens with two attached hydrogens (primary N) is 1. The largest absolute Gasteiger partial charge is 0.478 e. The van der Waals surface area contributed by atoms with E-state index in [9.17, 15) is 18.4 Å². The summed E-state index contributed by atoms with van der Waals surface area (Å²) < 4.78 is 28.3. The van der Waals surface area contributed by atoms with Gasteiger partial charge in [-0.05, 0) is 18.2 Å². The van der Waals surface area contributed by atoms with Gasteiger partial charge in [0.15, 0.2) is 0 Å². The summed E-state index contributed by atoms with van der Waals surface area (Å²) in [7, 11) is 1.46. The number of alkyl halides is 2. The summed E-state index contributed by atoms with van der Waals surface area (Å²) in [6.07, 6.45) is -2.65. The van der Waals surface area contributed by atoms with Gasteiger partial charge in [-0.3, -0.25) is 4.79 Å². The molecule has 1 amide bonds. The van der Waals surface area contributed by atoms with Crippen LogP contribution in [0.4, 0.5) is 20.2 Å². The molecular weight excluding hydrogens is 286 g/mol. The summed E-state index contributed by atoms with van der Waals surface area (Å²) in [5.74, 6) is -1.50. The summed E-state index contributed by atoms with van der Waals surface area (Å²) in [5.41, 5.74) is 6.20. The number of aromatic carboxylic acids is 1. The SMILES string of the molecule is CN(C(=O)CCOCC(F)F)c1ccc(C(=O)O)cc1N. The molecular formula is C13H16F2N2O4. The van der Waals surface area contributed by atoms with Crippen molar-refractivity contribution in [2.24, 2.45) is 0 Å². The second-order valence-corrected chi connectivity index (χ2v) is 4.25. The van der Waals surface area contributed by atoms with Crippen LogP contribution in [0.3, 0.4) is 0 Å². The van der Waals surface area contributed by atoms with Crippen LogP contribution in [0.25, 0.3) is 0 Å². The van der Waals surface area contributed by atoms with Crippen molar-refractivity contribution in [2.45, 2.75) is 12.8 Å². The second kappa shape index (κ2) is 7.53. The molecule has 0 bridgehead atoms. The number of carbonyl (C=O) groups excluding carboxylic acids is 1. The third-order valence-electron chi connectivity index (χ3n) is 2.71. The van der Waals surface area contributed by atoms with E-state index in [1.807, 2.05) is 0 Å². The molecule has 8 heteroatoms. The predicted molar refractivity (Wildman–Crippen MR) is 72.7 cm³/mol. The lowest BCUT2D eigenvalue weighted by Gasteiger charge is -2.19. The number of nitrogens with zero attached hydrogens (tertiary/aromatic N) is 1. The maximum atomic E-state index is 11.9. The number of hydrogen-bond acceptors (Lipinski definition) is 4. The third kappa shape index (κ3) is 4.99. The lowest BCUT2D eigenvalue weighted by molar-refractivity contribution is -0.119. The van der Waals surface area contributed by atoms with Crippen LogP contribution in [0.5, 0.6) is 0 Å². The molecule has 0 atom stereocenters. The zero-order valence-electron chi connectivity index (χ0n) is 11.4. The van der Waals surface area contributed by atoms with Gasteiger partial charge in [0.05, 0.1) is 30.0 Å². The van der Waals surface area contributed by atoms with Crippen molar-refractivity contribution >= 4 is 23.3 Å². The summed E-state index contributed by atoms with van der Waals surface area (Å²) >= 11 is 0. The molecule has 0 saturated carbocycles. The van der Waals surface area contributed by atoms with E-state index in [1.165, 1.54) is 30.1 Å². The number of rotatable bonds is 7. The molecule has 1 aromatic rings. The Morgan fingerprint density at radius 1 is 1.43 bits per heavy atom. The minimum Gasteiger partial charge on any atom is -0.478 e. The summed E-state index contributed by atoms with van der Waals surface area (Å²) in [5, 5.41) is 8.82. The average Bonchev–Trinajstić information content (AvgIpc) is 2.42. The Bertz CT molecular complexity index is 523. The van der Waals surface area contributed by atoms with Crippen molar-refractivity contribution in [2.75, 3.05) is 30.9 Å². The van der Waals surface area contributed by atoms with Gasteiger partial charge < -0.3 is 20.5 Å². The van der Waals surface area contributed by atoms with Crippen LogP contribution < -0.4 is 10.6 Å². The summed E-state index contributed by atoms with van der Waals surface area (Å²) in [4.78, 5) is 23.9. The van der Waals surface area contributed by atoms with Crippen LogP contribution >= 0.6 is 0 Å². The van der Waals surface area contributed by atoms with E-state index in [4.69, 9.17) is 10.8 Å². The highest BCUT2D eigenvalue weighted by Gasteiger charge is 2.15. The number of anilines is 2. The molecule has 0 radical (unpaired) electrons. The molecule has 0 fully saturated rings. The number of ether oxygens (including phenoxy) is 1. The topological polar surface area (TPSA) is 92.9 Å². The Labute approximate surface area is 120 Å². The minimum absolute atomic E-state index is 0.0114. The minimum atomic E-state index is -2.57. The Kier molecular flexibility index (Phi) is 6.04. The first-order valence-corrected chi connectivity index (χ1v) is 6.08. The maximum Gasteiger partial charge on any atom is 0.335 e. The van der Waals surface area contributed by atoms with E-state index in [1.54, 1.807) is 0 Å². The Morgan fingerprint density at radius 3 is 2.62 bits per heavy atom. The Morgan fingerprint density at radius 2 is 2.10 bits per heavy atom. The molecule has 0 heterocycles. The molecule has 1 rings (SSSR count). The van der Waals surface area contributed by atoms with Gasteiger partial charge in [0, 0.05) is 7.05 Å². The fourth-order valence-electron chi connectivity index (χ4n) is 1.63. The van der Waals surface area contributed by atoms with Crippen LogP contribution in [0.15, 0.2) is 18.2 Å². The average molecular weight is 302 g/mol. The fraction of sp³-hybridized carbons (Fsp3) is 0.385. The van der Waals surface area contributed by atoms with Gasteiger partial charge in [-0.15, -0.1) is 0 Å². The highest BCUT2D eigenvalue weighted by Crippen LogP contribution is 2.24. The van der Waals surface area contributed by atoms with Crippen molar-refractivity contribution in [3.63, 3.8) is 0 Å². The second-order valence-electron chi connectivity index (χ2n) is 4.25. The molecule has 21 heavy (non-hydrogen) atoms. The quantitative estimate of drug-likeness (QED) is 0.589. The van der Waals surface area contributed by atoms with Crippen LogP contribution in [-0.4, -0.2) is 43.7 Å². The van der Waals surface area contributed by atoms with Crippen molar-refractivity contribution in [3.8, 4) is 0 Å². The number of carboxylic acids is 1. The first kappa shape index (κ1) is 16.8. The summed E-state index contributed by atoms with van der Waals surface area (Å²) in [6.45, 7) is -0.840. The first-order chi connectivity index (χ1) is 9.82. The van der Waals surface area contributed by atoms with Gasteiger partial charge in [0.2, 0.25) is 5.91 Å². The predicted octanol–water partition coefficient (Wildman–Crippen LogP) is 1.60. The van der Waals surface area contributed by atoms with Crippen molar-refractivity contribution in [3.05, 3.63) is 23.8 Å². The lowest BCUT2D eigenvalue weighted by atomic mass is 10.1. The Balaban J connectivity index is 2.63. The number of carbonyl (C=O) groups is 2. The van der Waals surface area contributed by atoms with E-state index in [-0.39, 0.29) is 30.2 Å². The van der Waals surface area contributed by atoms with Gasteiger partial charge in [0.25, 0.3) is 6.43 Å². The van der Waals surface area contributed by atoms with E-state index in [0.717, 1.165) is 0 Å². The molecule has 0 aliphatic carbocycles. The van der Waals surface area contributed by atoms with Gasteiger partial charge in [-0.25, -0.2) is 13.6 Å². The van der Waals surface area contributed by atoms with Gasteiger partial charge in [0.1, 0.15) is 6.61 Å². The number of halogens is 2. The monoisotopic (exact) mass is 302 g/mol. The Hall–Kier alpha value is -2.22. The first-order valence-electron chi connectivity index (χ1n) is 6.08. The van der Waals surface area contributed by atoms with E-state index < -0.39 is 19.0 Å². The van der Waals surface area contributed by atoms with Gasteiger partial charge >= 0.3 is 5.97 Å². The van der Waals surface area contributed by atoms with Crippen LogP contribution in [0, 0.1) is 0 Å². The zero-order valence-corrected chi connectivity index (χ0v) is 11.4. The number of carboxylic acid groups (broad SMARTS) is 1. The highest BCUT2D eigenvalue weighted by molar-refractivity contribution is 5.97. The van der Waals surface area contributed by atoms with E-state index in [0.29, 0.717) is 5.69 Å². The molecule has 0 aliphatic heterocycles. The fourth-order valence-corrected chi connectivity index (χ4v) is 1.63. The highest BCUT2D eigenvalue weighted by atomic mass is 19.3. The molecule has 0 saturated heterocycles. The van der Waals surface area contributed by atoms with Crippen molar-refractivity contribution in [1.82, 2.24) is 0 Å². The molecule has 0 aliphatic rings. The molecule has 116 valence electrons. The molecule has 6 nitrogen and oxygen atoms in total. The third-order valence-corrected chi connectivity index (χ3v) is 2.71. The zero-order chi connectivity index (χ0) is 16.0. The van der Waals surface area contributed by atoms with Crippen molar-refractivity contribution < 1.29 is 28.2 Å². The normalized spacial score (nSPS) is 10.7. The number of amides is 1. The molecule has 0 spiro atoms.